The van der Waals surface area contributed by atoms with Crippen LogP contribution in [0.1, 0.15) is 5.56 Å². The van der Waals surface area contributed by atoms with Gasteiger partial charge in [0.2, 0.25) is 0 Å². The number of hydrogen-bond donors (Lipinski definition) is 1. The van der Waals surface area contributed by atoms with Crippen LogP contribution < -0.4 is 9.46 Å². The van der Waals surface area contributed by atoms with Gasteiger partial charge in [0.1, 0.15) is 15.8 Å². The van der Waals surface area contributed by atoms with E-state index in [0.717, 1.165) is 0 Å². The summed E-state index contributed by atoms with van der Waals surface area (Å²) in [5.41, 5.74) is 0.992. The molecular formula is C13H12Cl2N2O3S. The van der Waals surface area contributed by atoms with Gasteiger partial charge in [-0.25, -0.2) is 13.4 Å². The predicted octanol–water partition coefficient (Wildman–Crippen LogP) is 3.51. The number of anilines is 1. The highest BCUT2D eigenvalue weighted by Crippen LogP contribution is 2.33. The Balaban J connectivity index is 2.47. The van der Waals surface area contributed by atoms with E-state index in [2.05, 4.69) is 9.71 Å². The maximum atomic E-state index is 12.4. The van der Waals surface area contributed by atoms with Gasteiger partial charge in [0.15, 0.2) is 0 Å². The van der Waals surface area contributed by atoms with Crippen LogP contribution in [-0.2, 0) is 10.0 Å². The van der Waals surface area contributed by atoms with Crippen molar-refractivity contribution in [2.24, 2.45) is 0 Å². The van der Waals surface area contributed by atoms with Gasteiger partial charge in [0.05, 0.1) is 12.8 Å². The molecule has 0 bridgehead atoms. The van der Waals surface area contributed by atoms with Gasteiger partial charge in [-0.3, -0.25) is 4.72 Å². The molecule has 21 heavy (non-hydrogen) atoms. The molecule has 0 unspecified atom stereocenters. The van der Waals surface area contributed by atoms with Crippen LogP contribution in [0.25, 0.3) is 0 Å². The normalized spacial score (nSPS) is 11.2. The molecule has 0 aliphatic rings. The molecule has 1 N–H and O–H groups in total. The lowest BCUT2D eigenvalue weighted by Crippen LogP contribution is -2.14. The molecular weight excluding hydrogens is 335 g/mol. The number of rotatable bonds is 4. The first-order chi connectivity index (χ1) is 9.85. The van der Waals surface area contributed by atoms with Crippen molar-refractivity contribution in [1.82, 2.24) is 4.98 Å². The Morgan fingerprint density at radius 2 is 2.00 bits per heavy atom. The molecule has 1 heterocycles. The fraction of sp³-hybridized carbons (Fsp3) is 0.154. The van der Waals surface area contributed by atoms with Crippen molar-refractivity contribution in [3.63, 3.8) is 0 Å². The summed E-state index contributed by atoms with van der Waals surface area (Å²) in [5.74, 6) is 0.314. The Morgan fingerprint density at radius 3 is 2.62 bits per heavy atom. The van der Waals surface area contributed by atoms with E-state index in [9.17, 15) is 8.42 Å². The lowest BCUT2D eigenvalue weighted by atomic mass is 10.2. The Kier molecular flexibility index (Phi) is 4.61. The zero-order valence-corrected chi connectivity index (χ0v) is 13.6. The Labute approximate surface area is 132 Å². The predicted molar refractivity (Wildman–Crippen MR) is 82.8 cm³/mol. The summed E-state index contributed by atoms with van der Waals surface area (Å²) in [6.07, 6.45) is 1.41. The summed E-state index contributed by atoms with van der Waals surface area (Å²) < 4.78 is 32.3. The van der Waals surface area contributed by atoms with Crippen LogP contribution in [0.5, 0.6) is 5.75 Å². The van der Waals surface area contributed by atoms with Crippen LogP contribution in [0.2, 0.25) is 10.2 Å². The first-order valence-electron chi connectivity index (χ1n) is 5.82. The van der Waals surface area contributed by atoms with Gasteiger partial charge >= 0.3 is 0 Å². The minimum absolute atomic E-state index is 0.102. The van der Waals surface area contributed by atoms with Crippen molar-refractivity contribution >= 4 is 38.9 Å². The van der Waals surface area contributed by atoms with Crippen LogP contribution >= 0.6 is 23.2 Å². The molecule has 0 aliphatic carbocycles. The molecule has 112 valence electrons. The van der Waals surface area contributed by atoms with E-state index in [1.807, 2.05) is 0 Å². The van der Waals surface area contributed by atoms with Crippen molar-refractivity contribution in [2.45, 2.75) is 11.8 Å². The Bertz CT molecular complexity index is 779. The third kappa shape index (κ3) is 3.40. The fourth-order valence-corrected chi connectivity index (χ4v) is 3.35. The summed E-state index contributed by atoms with van der Waals surface area (Å²) in [6, 6.07) is 5.99. The monoisotopic (exact) mass is 346 g/mol. The number of nitrogens with zero attached hydrogens (tertiary/aromatic N) is 1. The number of aryl methyl sites for hydroxylation is 1. The zero-order valence-electron chi connectivity index (χ0n) is 11.2. The standard InChI is InChI=1S/C13H12Cl2N2O3S/c1-8-6-10(11(20-2)7-9(8)14)17-21(18,19)12-4-3-5-16-13(12)15/h3-7,17H,1-2H3. The highest BCUT2D eigenvalue weighted by molar-refractivity contribution is 7.92. The van der Waals surface area contributed by atoms with Gasteiger partial charge < -0.3 is 4.74 Å². The van der Waals surface area contributed by atoms with Crippen LogP contribution in [0.3, 0.4) is 0 Å². The van der Waals surface area contributed by atoms with Crippen LogP contribution in [0.15, 0.2) is 35.4 Å². The maximum Gasteiger partial charge on any atom is 0.265 e. The highest BCUT2D eigenvalue weighted by atomic mass is 35.5. The summed E-state index contributed by atoms with van der Waals surface area (Å²) in [4.78, 5) is 3.65. The van der Waals surface area contributed by atoms with Gasteiger partial charge in [-0.05, 0) is 30.7 Å². The number of sulfonamides is 1. The minimum Gasteiger partial charge on any atom is -0.495 e. The number of benzene rings is 1. The second-order valence-corrected chi connectivity index (χ2v) is 6.62. The largest absolute Gasteiger partial charge is 0.495 e. The molecule has 0 radical (unpaired) electrons. The molecule has 2 aromatic rings. The van der Waals surface area contributed by atoms with Gasteiger partial charge in [-0.2, -0.15) is 0 Å². The zero-order chi connectivity index (χ0) is 15.6. The number of methoxy groups -OCH3 is 1. The number of hydrogen-bond acceptors (Lipinski definition) is 4. The number of ether oxygens (including phenoxy) is 1. The second kappa shape index (κ2) is 6.09. The Hall–Kier alpha value is -1.50. The maximum absolute atomic E-state index is 12.4. The average molecular weight is 347 g/mol. The van der Waals surface area contributed by atoms with Crippen LogP contribution in [0, 0.1) is 6.92 Å². The van der Waals surface area contributed by atoms with E-state index in [-0.39, 0.29) is 15.7 Å². The molecule has 8 heteroatoms. The molecule has 0 fully saturated rings. The van der Waals surface area contributed by atoms with Crippen molar-refractivity contribution in [3.05, 3.63) is 46.2 Å². The Morgan fingerprint density at radius 1 is 1.29 bits per heavy atom. The average Bonchev–Trinajstić information content (AvgIpc) is 2.42. The summed E-state index contributed by atoms with van der Waals surface area (Å²) in [5, 5.41) is 0.379. The molecule has 0 saturated heterocycles. The number of aromatic nitrogens is 1. The third-order valence-electron chi connectivity index (χ3n) is 2.74. The molecule has 1 aromatic heterocycles. The molecule has 0 spiro atoms. The summed E-state index contributed by atoms with van der Waals surface area (Å²) >= 11 is 11.8. The molecule has 0 saturated carbocycles. The van der Waals surface area contributed by atoms with Gasteiger partial charge in [0, 0.05) is 17.3 Å². The number of pyridine rings is 1. The van der Waals surface area contributed by atoms with E-state index >= 15 is 0 Å². The quantitative estimate of drug-likeness (QED) is 0.860. The molecule has 1 aromatic carbocycles. The first kappa shape index (κ1) is 15.9. The lowest BCUT2D eigenvalue weighted by molar-refractivity contribution is 0.417. The fourth-order valence-electron chi connectivity index (χ4n) is 1.68. The smallest absolute Gasteiger partial charge is 0.265 e. The second-order valence-electron chi connectivity index (χ2n) is 4.20. The minimum atomic E-state index is -3.87. The van der Waals surface area contributed by atoms with E-state index in [0.29, 0.717) is 16.3 Å². The van der Waals surface area contributed by atoms with Crippen molar-refractivity contribution in [1.29, 1.82) is 0 Å². The van der Waals surface area contributed by atoms with E-state index in [1.165, 1.54) is 25.4 Å². The first-order valence-corrected chi connectivity index (χ1v) is 8.06. The molecule has 0 aliphatic heterocycles. The van der Waals surface area contributed by atoms with Crippen molar-refractivity contribution in [3.8, 4) is 5.75 Å². The van der Waals surface area contributed by atoms with Gasteiger partial charge in [-0.15, -0.1) is 0 Å². The topological polar surface area (TPSA) is 68.3 Å². The molecule has 0 atom stereocenters. The van der Waals surface area contributed by atoms with Gasteiger partial charge in [-0.1, -0.05) is 23.2 Å². The van der Waals surface area contributed by atoms with E-state index in [4.69, 9.17) is 27.9 Å². The molecule has 5 nitrogen and oxygen atoms in total. The van der Waals surface area contributed by atoms with Crippen molar-refractivity contribution in [2.75, 3.05) is 11.8 Å². The van der Waals surface area contributed by atoms with Crippen LogP contribution in [-0.4, -0.2) is 20.5 Å². The van der Waals surface area contributed by atoms with Gasteiger partial charge in [0.25, 0.3) is 10.0 Å². The van der Waals surface area contributed by atoms with E-state index < -0.39 is 10.0 Å². The van der Waals surface area contributed by atoms with E-state index in [1.54, 1.807) is 19.1 Å². The third-order valence-corrected chi connectivity index (χ3v) is 4.96. The SMILES string of the molecule is COc1cc(Cl)c(C)cc1NS(=O)(=O)c1cccnc1Cl. The number of halogens is 2. The highest BCUT2D eigenvalue weighted by Gasteiger charge is 2.20. The molecule has 2 rings (SSSR count). The lowest BCUT2D eigenvalue weighted by Gasteiger charge is -2.13. The molecule has 0 amide bonds. The van der Waals surface area contributed by atoms with Crippen molar-refractivity contribution < 1.29 is 13.2 Å². The summed E-state index contributed by atoms with van der Waals surface area (Å²) in [7, 11) is -2.45. The van der Waals surface area contributed by atoms with Crippen LogP contribution in [0.4, 0.5) is 5.69 Å². The summed E-state index contributed by atoms with van der Waals surface area (Å²) in [6.45, 7) is 1.76. The number of nitrogens with one attached hydrogen (secondary N) is 1.